The molecule has 0 N–H and O–H groups in total. The van der Waals surface area contributed by atoms with E-state index < -0.39 is 0 Å². The summed E-state index contributed by atoms with van der Waals surface area (Å²) in [5.74, 6) is 0.348. The lowest BCUT2D eigenvalue weighted by molar-refractivity contribution is 0.645. The topological polar surface area (TPSA) is 6.48 Å². The van der Waals surface area contributed by atoms with Gasteiger partial charge in [0.05, 0.1) is 6.04 Å². The van der Waals surface area contributed by atoms with Gasteiger partial charge in [-0.15, -0.1) is 0 Å². The molecular formula is C56H52N2. The van der Waals surface area contributed by atoms with Crippen molar-refractivity contribution in [1.82, 2.24) is 0 Å². The first-order valence-corrected chi connectivity index (χ1v) is 21.2. The van der Waals surface area contributed by atoms with Crippen LogP contribution in [0.4, 0.5) is 22.7 Å². The second kappa shape index (κ2) is 14.4. The van der Waals surface area contributed by atoms with Gasteiger partial charge in [-0.3, -0.25) is 0 Å². The Labute approximate surface area is 345 Å². The molecule has 0 fully saturated rings. The third-order valence-corrected chi connectivity index (χ3v) is 13.3. The highest BCUT2D eigenvalue weighted by Gasteiger charge is 2.40. The van der Waals surface area contributed by atoms with E-state index in [-0.39, 0.29) is 16.9 Å². The molecule has 0 heterocycles. The highest BCUT2D eigenvalue weighted by Crippen LogP contribution is 2.54. The predicted octanol–water partition coefficient (Wildman–Crippen LogP) is 14.7. The number of rotatable bonds is 8. The predicted molar refractivity (Wildman–Crippen MR) is 247 cm³/mol. The molecule has 2 atom stereocenters. The van der Waals surface area contributed by atoms with Crippen LogP contribution in [0.3, 0.4) is 0 Å². The van der Waals surface area contributed by atoms with E-state index in [1.165, 1.54) is 78.5 Å². The molecule has 0 saturated carbocycles. The molecule has 0 aromatic heterocycles. The van der Waals surface area contributed by atoms with Gasteiger partial charge in [0.15, 0.2) is 0 Å². The summed E-state index contributed by atoms with van der Waals surface area (Å²) in [7, 11) is 0. The molecule has 2 unspecified atom stereocenters. The minimum atomic E-state index is -0.113. The Bertz CT molecular complexity index is 2620. The largest absolute Gasteiger partial charge is 0.334 e. The summed E-state index contributed by atoms with van der Waals surface area (Å²) in [5.41, 5.74) is 18.5. The number of anilines is 4. The van der Waals surface area contributed by atoms with E-state index in [0.29, 0.717) is 5.92 Å². The van der Waals surface area contributed by atoms with Gasteiger partial charge in [-0.25, -0.2) is 0 Å². The molecule has 5 aliphatic rings. The molecular weight excluding hydrogens is 701 g/mol. The van der Waals surface area contributed by atoms with Gasteiger partial charge in [0.2, 0.25) is 0 Å². The van der Waals surface area contributed by atoms with Gasteiger partial charge in [-0.1, -0.05) is 155 Å². The molecule has 5 aliphatic carbocycles. The van der Waals surface area contributed by atoms with Gasteiger partial charge in [0.1, 0.15) is 0 Å². The van der Waals surface area contributed by atoms with E-state index in [1.807, 2.05) is 0 Å². The zero-order chi connectivity index (χ0) is 39.4. The molecule has 286 valence electrons. The van der Waals surface area contributed by atoms with Crippen molar-refractivity contribution in [2.24, 2.45) is 5.92 Å². The summed E-state index contributed by atoms with van der Waals surface area (Å²) in [6, 6.07) is 43.4. The summed E-state index contributed by atoms with van der Waals surface area (Å²) < 4.78 is 0. The zero-order valence-corrected chi connectivity index (χ0v) is 34.2. The summed E-state index contributed by atoms with van der Waals surface area (Å²) in [6.07, 6.45) is 29.7. The van der Waals surface area contributed by atoms with Crippen LogP contribution >= 0.6 is 0 Å². The van der Waals surface area contributed by atoms with Gasteiger partial charge in [0.25, 0.3) is 0 Å². The number of allylic oxidation sites excluding steroid dienone is 11. The highest BCUT2D eigenvalue weighted by molar-refractivity contribution is 5.92. The first kappa shape index (κ1) is 36.2. The van der Waals surface area contributed by atoms with Gasteiger partial charge in [-0.05, 0) is 136 Å². The van der Waals surface area contributed by atoms with Crippen LogP contribution in [0.2, 0.25) is 0 Å². The Kier molecular flexibility index (Phi) is 8.97. The maximum Gasteiger partial charge on any atom is 0.0559 e. The average molecular weight is 753 g/mol. The van der Waals surface area contributed by atoms with Crippen molar-refractivity contribution in [3.05, 3.63) is 215 Å². The molecule has 2 heteroatoms. The van der Waals surface area contributed by atoms with Gasteiger partial charge in [0, 0.05) is 39.3 Å². The van der Waals surface area contributed by atoms with Crippen molar-refractivity contribution < 1.29 is 0 Å². The molecule has 0 spiro atoms. The normalized spacial score (nSPS) is 20.4. The summed E-state index contributed by atoms with van der Waals surface area (Å²) >= 11 is 0. The fraction of sp³-hybridized carbons (Fsp3) is 0.214. The van der Waals surface area contributed by atoms with E-state index in [2.05, 4.69) is 220 Å². The van der Waals surface area contributed by atoms with Crippen LogP contribution in [0, 0.1) is 5.92 Å². The SMILES string of the molecule is CC1(C)C2=CC(/C=C/c3ccc4c(c3)C(C)(C)c3cc(N(c5ccccc5)C5C=CC=CC5)ccc3-4)CC=C2c2ccc(N(C3=CC=CCC3)c3ccccc3)cc21. The molecule has 0 bridgehead atoms. The van der Waals surface area contributed by atoms with E-state index in [0.717, 1.165) is 25.7 Å². The molecule has 0 saturated heterocycles. The number of nitrogens with zero attached hydrogens (tertiary/aromatic N) is 2. The molecule has 10 rings (SSSR count). The third kappa shape index (κ3) is 6.18. The number of hydrogen-bond donors (Lipinski definition) is 0. The van der Waals surface area contributed by atoms with Crippen LogP contribution in [0.25, 0.3) is 22.8 Å². The first-order valence-electron chi connectivity index (χ1n) is 21.2. The average Bonchev–Trinajstić information content (AvgIpc) is 3.63. The molecule has 0 radical (unpaired) electrons. The fourth-order valence-electron chi connectivity index (χ4n) is 10.2. The standard InChI is InChI=1S/C56H52N2/c1-55(2)51-35-39(27-31-47(51)49-33-29-45(37-53(49)55)57(41-17-9-5-10-18-41)42-19-11-6-12-20-42)25-26-40-28-32-48-50-34-30-46(38-54(50)56(3,4)52(48)36-40)58(43-21-13-7-14-22-43)44-23-15-8-16-24-44/h5-15,17-19,21-23,25-27,29-38,40,42H,16,20,24,28H2,1-4H3/b26-25+. The number of para-hydroxylation sites is 2. The van der Waals surface area contributed by atoms with E-state index in [4.69, 9.17) is 0 Å². The Balaban J connectivity index is 0.916. The van der Waals surface area contributed by atoms with Crippen molar-refractivity contribution in [1.29, 1.82) is 0 Å². The third-order valence-electron chi connectivity index (χ3n) is 13.3. The van der Waals surface area contributed by atoms with E-state index >= 15 is 0 Å². The monoisotopic (exact) mass is 752 g/mol. The summed E-state index contributed by atoms with van der Waals surface area (Å²) in [5, 5.41) is 0. The lowest BCUT2D eigenvalue weighted by atomic mass is 9.78. The van der Waals surface area contributed by atoms with Crippen molar-refractivity contribution in [3.8, 4) is 11.1 Å². The van der Waals surface area contributed by atoms with Gasteiger partial charge < -0.3 is 9.80 Å². The Morgan fingerprint density at radius 2 is 1.29 bits per heavy atom. The number of benzene rings is 5. The van der Waals surface area contributed by atoms with Crippen molar-refractivity contribution in [2.45, 2.75) is 70.3 Å². The van der Waals surface area contributed by atoms with E-state index in [1.54, 1.807) is 0 Å². The number of hydrogen-bond acceptors (Lipinski definition) is 2. The van der Waals surface area contributed by atoms with Crippen LogP contribution in [-0.2, 0) is 10.8 Å². The summed E-state index contributed by atoms with van der Waals surface area (Å²) in [4.78, 5) is 4.96. The molecule has 5 aromatic rings. The van der Waals surface area contributed by atoms with Gasteiger partial charge in [-0.2, -0.15) is 0 Å². The smallest absolute Gasteiger partial charge is 0.0559 e. The molecule has 0 amide bonds. The van der Waals surface area contributed by atoms with Crippen LogP contribution in [-0.4, -0.2) is 6.04 Å². The van der Waals surface area contributed by atoms with Crippen LogP contribution in [0.15, 0.2) is 187 Å². The highest BCUT2D eigenvalue weighted by atomic mass is 15.2. The molecule has 2 nitrogen and oxygen atoms in total. The Morgan fingerprint density at radius 3 is 2.03 bits per heavy atom. The minimum Gasteiger partial charge on any atom is -0.334 e. The Hall–Kier alpha value is -6.12. The molecule has 0 aliphatic heterocycles. The first-order chi connectivity index (χ1) is 28.3. The maximum atomic E-state index is 2.55. The van der Waals surface area contributed by atoms with Crippen molar-refractivity contribution in [3.63, 3.8) is 0 Å². The second-order valence-electron chi connectivity index (χ2n) is 17.6. The van der Waals surface area contributed by atoms with Crippen LogP contribution < -0.4 is 9.80 Å². The van der Waals surface area contributed by atoms with Crippen LogP contribution in [0.1, 0.15) is 81.2 Å². The quantitative estimate of drug-likeness (QED) is 0.156. The summed E-state index contributed by atoms with van der Waals surface area (Å²) in [6.45, 7) is 9.63. The lowest BCUT2D eigenvalue weighted by Gasteiger charge is -2.33. The number of fused-ring (bicyclic) bond motifs is 6. The Morgan fingerprint density at radius 1 is 0.603 bits per heavy atom. The van der Waals surface area contributed by atoms with Crippen molar-refractivity contribution in [2.75, 3.05) is 9.80 Å². The van der Waals surface area contributed by atoms with Gasteiger partial charge >= 0.3 is 0 Å². The minimum absolute atomic E-state index is 0.0881. The zero-order valence-electron chi connectivity index (χ0n) is 34.2. The molecule has 5 aromatic carbocycles. The maximum absolute atomic E-state index is 2.55. The second-order valence-corrected chi connectivity index (χ2v) is 17.6. The lowest BCUT2D eigenvalue weighted by Crippen LogP contribution is -2.30. The fourth-order valence-corrected chi connectivity index (χ4v) is 10.2. The molecule has 58 heavy (non-hydrogen) atoms. The van der Waals surface area contributed by atoms with Crippen molar-refractivity contribution >= 4 is 34.4 Å². The van der Waals surface area contributed by atoms with Crippen LogP contribution in [0.5, 0.6) is 0 Å². The van der Waals surface area contributed by atoms with E-state index in [9.17, 15) is 0 Å².